The Balaban J connectivity index is 1.97. The van der Waals surface area contributed by atoms with Crippen LogP contribution in [-0.4, -0.2) is 35.9 Å². The van der Waals surface area contributed by atoms with E-state index in [0.717, 1.165) is 11.3 Å². The first-order valence-electron chi connectivity index (χ1n) is 6.34. The quantitative estimate of drug-likeness (QED) is 0.824. The molecule has 2 aliphatic heterocycles. The van der Waals surface area contributed by atoms with Gasteiger partial charge in [-0.1, -0.05) is 12.1 Å². The lowest BCUT2D eigenvalue weighted by Gasteiger charge is -2.22. The van der Waals surface area contributed by atoms with Crippen LogP contribution in [0.5, 0.6) is 5.75 Å². The molecule has 3 rings (SSSR count). The fourth-order valence-corrected chi connectivity index (χ4v) is 2.47. The lowest BCUT2D eigenvalue weighted by atomic mass is 10.00. The summed E-state index contributed by atoms with van der Waals surface area (Å²) in [6, 6.07) is 7.04. The molecule has 6 nitrogen and oxygen atoms in total. The number of hydrazone groups is 1. The lowest BCUT2D eigenvalue weighted by Crippen LogP contribution is -2.30. The van der Waals surface area contributed by atoms with E-state index in [-0.39, 0.29) is 18.0 Å². The number of hydrogen-bond donors (Lipinski definition) is 0. The number of fused-ring (bicyclic) bond motifs is 1. The summed E-state index contributed by atoms with van der Waals surface area (Å²) < 4.78 is 10.6. The molecule has 0 saturated carbocycles. The Morgan fingerprint density at radius 2 is 2.05 bits per heavy atom. The summed E-state index contributed by atoms with van der Waals surface area (Å²) in [5.74, 6) is 1.70. The molecule has 104 valence electrons. The number of amides is 1. The van der Waals surface area contributed by atoms with Crippen LogP contribution < -0.4 is 4.74 Å². The van der Waals surface area contributed by atoms with E-state index >= 15 is 0 Å². The van der Waals surface area contributed by atoms with Gasteiger partial charge in [-0.05, 0) is 17.7 Å². The molecule has 0 N–H and O–H groups in total. The molecule has 0 saturated heterocycles. The predicted octanol–water partition coefficient (Wildman–Crippen LogP) is 1.73. The molecule has 2 unspecified atom stereocenters. The Hall–Kier alpha value is -2.37. The van der Waals surface area contributed by atoms with Gasteiger partial charge in [-0.3, -0.25) is 4.79 Å². The first-order chi connectivity index (χ1) is 9.60. The standard InChI is InChI=1S/C14H15N3O3/c1-8-15-12-13(10-4-6-11(19-3)7-5-10)17(9(2)18)16-14(12)20-8/h4-7,12-13H,1-3H3. The van der Waals surface area contributed by atoms with Gasteiger partial charge in [0.1, 0.15) is 11.8 Å². The highest BCUT2D eigenvalue weighted by Crippen LogP contribution is 2.36. The van der Waals surface area contributed by atoms with Gasteiger partial charge in [-0.2, -0.15) is 0 Å². The van der Waals surface area contributed by atoms with Crippen molar-refractivity contribution in [2.45, 2.75) is 25.9 Å². The molecule has 1 amide bonds. The van der Waals surface area contributed by atoms with Gasteiger partial charge in [0.05, 0.1) is 7.11 Å². The summed E-state index contributed by atoms with van der Waals surface area (Å²) in [5.41, 5.74) is 0.951. The smallest absolute Gasteiger partial charge is 0.241 e. The zero-order chi connectivity index (χ0) is 14.3. The molecular formula is C14H15N3O3. The summed E-state index contributed by atoms with van der Waals surface area (Å²) in [5, 5.41) is 5.66. The number of hydrogen-bond acceptors (Lipinski definition) is 5. The zero-order valence-corrected chi connectivity index (χ0v) is 11.5. The molecule has 0 aliphatic carbocycles. The molecule has 2 heterocycles. The van der Waals surface area contributed by atoms with E-state index in [4.69, 9.17) is 9.47 Å². The number of nitrogens with zero attached hydrogens (tertiary/aromatic N) is 3. The SMILES string of the molecule is COc1ccc(C2C3N=C(C)OC3=NN2C(C)=O)cc1. The molecule has 6 heteroatoms. The normalized spacial score (nSPS) is 23.9. The zero-order valence-electron chi connectivity index (χ0n) is 11.5. The number of carbonyl (C=O) groups is 1. The molecule has 0 bridgehead atoms. The molecule has 0 radical (unpaired) electrons. The van der Waals surface area contributed by atoms with E-state index in [1.165, 1.54) is 11.9 Å². The van der Waals surface area contributed by atoms with Gasteiger partial charge in [0.2, 0.25) is 11.8 Å². The second-order valence-electron chi connectivity index (χ2n) is 4.71. The Bertz CT molecular complexity index is 607. The van der Waals surface area contributed by atoms with E-state index in [2.05, 4.69) is 10.1 Å². The maximum atomic E-state index is 11.8. The summed E-state index contributed by atoms with van der Waals surface area (Å²) in [7, 11) is 1.62. The van der Waals surface area contributed by atoms with Crippen LogP contribution in [0.1, 0.15) is 25.5 Å². The number of aliphatic imine (C=N–C) groups is 1. The number of rotatable bonds is 2. The highest BCUT2D eigenvalue weighted by molar-refractivity contribution is 6.01. The van der Waals surface area contributed by atoms with Crippen LogP contribution in [0, 0.1) is 0 Å². The van der Waals surface area contributed by atoms with Crippen LogP contribution in [0.4, 0.5) is 0 Å². The third-order valence-corrected chi connectivity index (χ3v) is 3.37. The van der Waals surface area contributed by atoms with Crippen LogP contribution in [0.2, 0.25) is 0 Å². The Morgan fingerprint density at radius 1 is 1.35 bits per heavy atom. The number of ether oxygens (including phenoxy) is 2. The molecular weight excluding hydrogens is 258 g/mol. The van der Waals surface area contributed by atoms with Gasteiger partial charge in [-0.25, -0.2) is 10.0 Å². The van der Waals surface area contributed by atoms with Crippen LogP contribution in [0.25, 0.3) is 0 Å². The van der Waals surface area contributed by atoms with Crippen molar-refractivity contribution in [3.63, 3.8) is 0 Å². The van der Waals surface area contributed by atoms with Crippen molar-refractivity contribution in [1.29, 1.82) is 0 Å². The lowest BCUT2D eigenvalue weighted by molar-refractivity contribution is -0.130. The minimum absolute atomic E-state index is 0.135. The van der Waals surface area contributed by atoms with Crippen molar-refractivity contribution in [3.8, 4) is 5.75 Å². The van der Waals surface area contributed by atoms with Gasteiger partial charge in [0.15, 0.2) is 11.9 Å². The monoisotopic (exact) mass is 273 g/mol. The van der Waals surface area contributed by atoms with Crippen molar-refractivity contribution >= 4 is 17.7 Å². The highest BCUT2D eigenvalue weighted by Gasteiger charge is 2.44. The fourth-order valence-electron chi connectivity index (χ4n) is 2.47. The summed E-state index contributed by atoms with van der Waals surface area (Å²) >= 11 is 0. The summed E-state index contributed by atoms with van der Waals surface area (Å²) in [6.07, 6.45) is 0. The molecule has 1 aromatic rings. The van der Waals surface area contributed by atoms with E-state index in [9.17, 15) is 4.79 Å². The Labute approximate surface area is 116 Å². The van der Waals surface area contributed by atoms with Crippen LogP contribution >= 0.6 is 0 Å². The second kappa shape index (κ2) is 4.63. The largest absolute Gasteiger partial charge is 0.497 e. The summed E-state index contributed by atoms with van der Waals surface area (Å²) in [4.78, 5) is 16.2. The maximum absolute atomic E-state index is 11.8. The van der Waals surface area contributed by atoms with Gasteiger partial charge in [0.25, 0.3) is 0 Å². The van der Waals surface area contributed by atoms with Gasteiger partial charge in [-0.15, -0.1) is 5.10 Å². The third kappa shape index (κ3) is 1.93. The number of methoxy groups -OCH3 is 1. The minimum Gasteiger partial charge on any atom is -0.497 e. The third-order valence-electron chi connectivity index (χ3n) is 3.37. The highest BCUT2D eigenvalue weighted by atomic mass is 16.5. The minimum atomic E-state index is -0.258. The molecule has 0 spiro atoms. The van der Waals surface area contributed by atoms with Crippen LogP contribution in [-0.2, 0) is 9.53 Å². The van der Waals surface area contributed by atoms with Gasteiger partial charge >= 0.3 is 0 Å². The second-order valence-corrected chi connectivity index (χ2v) is 4.71. The van der Waals surface area contributed by atoms with Crippen molar-refractivity contribution < 1.29 is 14.3 Å². The maximum Gasteiger partial charge on any atom is 0.241 e. The van der Waals surface area contributed by atoms with E-state index < -0.39 is 0 Å². The molecule has 1 aromatic carbocycles. The van der Waals surface area contributed by atoms with Crippen LogP contribution in [0.15, 0.2) is 34.4 Å². The van der Waals surface area contributed by atoms with E-state index in [0.29, 0.717) is 11.8 Å². The van der Waals surface area contributed by atoms with E-state index in [1.807, 2.05) is 24.3 Å². The molecule has 0 fully saturated rings. The molecule has 0 aromatic heterocycles. The molecule has 20 heavy (non-hydrogen) atoms. The van der Waals surface area contributed by atoms with Crippen molar-refractivity contribution in [3.05, 3.63) is 29.8 Å². The van der Waals surface area contributed by atoms with Crippen molar-refractivity contribution in [2.24, 2.45) is 10.1 Å². The molecule has 2 aliphatic rings. The summed E-state index contributed by atoms with van der Waals surface area (Å²) in [6.45, 7) is 3.27. The first kappa shape index (κ1) is 12.7. The topological polar surface area (TPSA) is 63.5 Å². The number of benzene rings is 1. The Morgan fingerprint density at radius 3 is 2.65 bits per heavy atom. The van der Waals surface area contributed by atoms with Gasteiger partial charge < -0.3 is 9.47 Å². The molecule has 2 atom stereocenters. The van der Waals surface area contributed by atoms with E-state index in [1.54, 1.807) is 14.0 Å². The average molecular weight is 273 g/mol. The van der Waals surface area contributed by atoms with Crippen molar-refractivity contribution in [1.82, 2.24) is 5.01 Å². The number of carbonyl (C=O) groups excluding carboxylic acids is 1. The first-order valence-corrected chi connectivity index (χ1v) is 6.34. The fraction of sp³-hybridized carbons (Fsp3) is 0.357. The average Bonchev–Trinajstić information content (AvgIpc) is 2.94. The van der Waals surface area contributed by atoms with Crippen molar-refractivity contribution in [2.75, 3.05) is 7.11 Å². The van der Waals surface area contributed by atoms with Crippen LogP contribution in [0.3, 0.4) is 0 Å². The Kier molecular flexibility index (Phi) is 2.93. The van der Waals surface area contributed by atoms with Gasteiger partial charge in [0, 0.05) is 13.8 Å². The predicted molar refractivity (Wildman–Crippen MR) is 73.7 cm³/mol.